The fourth-order valence-electron chi connectivity index (χ4n) is 1.91. The fourth-order valence-corrected chi connectivity index (χ4v) is 1.91. The second-order valence-corrected chi connectivity index (χ2v) is 5.56. The summed E-state index contributed by atoms with van der Waals surface area (Å²) in [6, 6.07) is 5.05. The van der Waals surface area contributed by atoms with Crippen molar-refractivity contribution in [3.8, 4) is 5.75 Å². The Kier molecular flexibility index (Phi) is 5.32. The van der Waals surface area contributed by atoms with E-state index in [2.05, 4.69) is 5.32 Å². The number of rotatable bonds is 3. The van der Waals surface area contributed by atoms with E-state index in [1.54, 1.807) is 18.2 Å². The fraction of sp³-hybridized carbons (Fsp3) is 0.467. The predicted octanol–water partition coefficient (Wildman–Crippen LogP) is 2.62. The van der Waals surface area contributed by atoms with Crippen LogP contribution in [0, 0.1) is 0 Å². The summed E-state index contributed by atoms with van der Waals surface area (Å²) in [5.74, 6) is 0.172. The molecule has 0 atom stereocenters. The predicted molar refractivity (Wildman–Crippen MR) is 80.4 cm³/mol. The van der Waals surface area contributed by atoms with E-state index >= 15 is 0 Å². The number of hydrogen-bond donors (Lipinski definition) is 1. The monoisotopic (exact) mass is 294 g/mol. The Balaban J connectivity index is 3.32. The number of nitrogens with one attached hydrogen (secondary N) is 1. The minimum Gasteiger partial charge on any atom is -0.410 e. The number of hydrogen-bond acceptors (Lipinski definition) is 4. The summed E-state index contributed by atoms with van der Waals surface area (Å²) in [4.78, 5) is 28.1. The van der Waals surface area contributed by atoms with Gasteiger partial charge in [0.2, 0.25) is 5.91 Å². The third-order valence-corrected chi connectivity index (χ3v) is 2.88. The lowest BCUT2D eigenvalue weighted by molar-refractivity contribution is -0.122. The highest BCUT2D eigenvalue weighted by Gasteiger charge is 2.24. The molecule has 0 aromatic heterocycles. The van der Waals surface area contributed by atoms with Crippen LogP contribution in [-0.2, 0) is 15.0 Å². The molecule has 0 saturated carbocycles. The zero-order chi connectivity index (χ0) is 16.2. The van der Waals surface area contributed by atoms with Crippen molar-refractivity contribution in [3.63, 3.8) is 0 Å². The lowest BCUT2D eigenvalue weighted by Crippen LogP contribution is -2.30. The Morgan fingerprint density at radius 1 is 1.24 bits per heavy atom. The van der Waals surface area contributed by atoms with Crippen molar-refractivity contribution in [2.75, 3.05) is 19.2 Å². The molecule has 0 bridgehead atoms. The van der Waals surface area contributed by atoms with Crippen LogP contribution in [0.5, 0.6) is 5.75 Å². The molecule has 1 N–H and O–H groups in total. The Bertz CT molecular complexity index is 535. The third kappa shape index (κ3) is 4.19. The Hall–Kier alpha value is -2.08. The molecule has 21 heavy (non-hydrogen) atoms. The standard InChI is InChI=1S/C15H22N2O4/c1-10(18)17(20-6)13-8-7-11(21-14(19)16-5)9-12(13)15(2,3)4/h7-9H,1-6H3,(H,16,19). The smallest absolute Gasteiger partial charge is 0.410 e. The molecule has 0 aliphatic rings. The normalized spacial score (nSPS) is 11.0. The van der Waals surface area contributed by atoms with E-state index in [1.807, 2.05) is 20.8 Å². The first-order valence-corrected chi connectivity index (χ1v) is 6.59. The quantitative estimate of drug-likeness (QED) is 0.870. The summed E-state index contributed by atoms with van der Waals surface area (Å²) in [6.07, 6.45) is -0.544. The van der Waals surface area contributed by atoms with Gasteiger partial charge in [-0.1, -0.05) is 20.8 Å². The first-order chi connectivity index (χ1) is 9.70. The molecule has 0 aliphatic heterocycles. The number of carbonyl (C=O) groups is 2. The lowest BCUT2D eigenvalue weighted by Gasteiger charge is -2.28. The first kappa shape index (κ1) is 17.0. The van der Waals surface area contributed by atoms with Crippen LogP contribution in [0.4, 0.5) is 10.5 Å². The minimum absolute atomic E-state index is 0.233. The van der Waals surface area contributed by atoms with Crippen LogP contribution in [0.15, 0.2) is 18.2 Å². The van der Waals surface area contributed by atoms with Gasteiger partial charge in [-0.05, 0) is 29.2 Å². The average Bonchev–Trinajstić information content (AvgIpc) is 2.39. The van der Waals surface area contributed by atoms with Crippen LogP contribution < -0.4 is 15.1 Å². The molecular weight excluding hydrogens is 272 g/mol. The van der Waals surface area contributed by atoms with Crippen molar-refractivity contribution in [2.24, 2.45) is 0 Å². The molecule has 0 unspecified atom stereocenters. The largest absolute Gasteiger partial charge is 0.412 e. The number of amides is 2. The van der Waals surface area contributed by atoms with Crippen LogP contribution in [0.2, 0.25) is 0 Å². The maximum Gasteiger partial charge on any atom is 0.412 e. The minimum atomic E-state index is -0.544. The summed E-state index contributed by atoms with van der Waals surface area (Å²) in [5, 5.41) is 3.60. The van der Waals surface area contributed by atoms with E-state index in [-0.39, 0.29) is 11.3 Å². The molecule has 0 aliphatic carbocycles. The molecule has 0 fully saturated rings. The highest BCUT2D eigenvalue weighted by Crippen LogP contribution is 2.35. The van der Waals surface area contributed by atoms with Crippen LogP contribution in [0.1, 0.15) is 33.3 Å². The van der Waals surface area contributed by atoms with Crippen molar-refractivity contribution in [2.45, 2.75) is 33.1 Å². The Morgan fingerprint density at radius 2 is 1.86 bits per heavy atom. The van der Waals surface area contributed by atoms with E-state index in [0.717, 1.165) is 5.56 Å². The first-order valence-electron chi connectivity index (χ1n) is 6.59. The van der Waals surface area contributed by atoms with Gasteiger partial charge in [-0.15, -0.1) is 0 Å². The van der Waals surface area contributed by atoms with E-state index in [0.29, 0.717) is 11.4 Å². The van der Waals surface area contributed by atoms with Crippen molar-refractivity contribution in [1.82, 2.24) is 5.32 Å². The van der Waals surface area contributed by atoms with Gasteiger partial charge in [0, 0.05) is 14.0 Å². The zero-order valence-corrected chi connectivity index (χ0v) is 13.3. The number of ether oxygens (including phenoxy) is 1. The SMILES string of the molecule is CNC(=O)Oc1ccc(N(OC)C(C)=O)c(C(C)(C)C)c1. The van der Waals surface area contributed by atoms with Crippen molar-refractivity contribution in [3.05, 3.63) is 23.8 Å². The van der Waals surface area contributed by atoms with Crippen molar-refractivity contribution < 1.29 is 19.2 Å². The third-order valence-electron chi connectivity index (χ3n) is 2.88. The van der Waals surface area contributed by atoms with E-state index in [4.69, 9.17) is 9.57 Å². The van der Waals surface area contributed by atoms with Crippen molar-refractivity contribution in [1.29, 1.82) is 0 Å². The van der Waals surface area contributed by atoms with Crippen molar-refractivity contribution >= 4 is 17.7 Å². The van der Waals surface area contributed by atoms with E-state index in [9.17, 15) is 9.59 Å². The van der Waals surface area contributed by atoms with Gasteiger partial charge in [-0.3, -0.25) is 9.63 Å². The molecule has 2 amide bonds. The summed E-state index contributed by atoms with van der Waals surface area (Å²) < 4.78 is 5.13. The molecule has 1 rings (SSSR count). The molecule has 116 valence electrons. The molecular formula is C15H22N2O4. The topological polar surface area (TPSA) is 67.9 Å². The molecule has 6 nitrogen and oxygen atoms in total. The van der Waals surface area contributed by atoms with Gasteiger partial charge in [0.05, 0.1) is 12.8 Å². The number of hydroxylamine groups is 1. The zero-order valence-electron chi connectivity index (χ0n) is 13.3. The number of benzene rings is 1. The number of anilines is 1. The summed E-state index contributed by atoms with van der Waals surface area (Å²) >= 11 is 0. The summed E-state index contributed by atoms with van der Waals surface area (Å²) in [7, 11) is 2.92. The maximum atomic E-state index is 11.7. The average molecular weight is 294 g/mol. The molecule has 0 radical (unpaired) electrons. The van der Waals surface area contributed by atoms with Gasteiger partial charge in [-0.2, -0.15) is 5.06 Å². The van der Waals surface area contributed by atoms with Crippen LogP contribution in [0.3, 0.4) is 0 Å². The van der Waals surface area contributed by atoms with Gasteiger partial charge >= 0.3 is 6.09 Å². The maximum absolute atomic E-state index is 11.7. The summed E-state index contributed by atoms with van der Waals surface area (Å²) in [5.41, 5.74) is 1.20. The number of carbonyl (C=O) groups excluding carboxylic acids is 2. The van der Waals surface area contributed by atoms with E-state index < -0.39 is 6.09 Å². The van der Waals surface area contributed by atoms with Crippen LogP contribution in [-0.4, -0.2) is 26.2 Å². The second-order valence-electron chi connectivity index (χ2n) is 5.56. The Labute approximate surface area is 125 Å². The second kappa shape index (κ2) is 6.58. The molecule has 0 spiro atoms. The van der Waals surface area contributed by atoms with Gasteiger partial charge < -0.3 is 10.1 Å². The lowest BCUT2D eigenvalue weighted by atomic mass is 9.85. The van der Waals surface area contributed by atoms with Gasteiger partial charge in [-0.25, -0.2) is 4.79 Å². The molecule has 0 heterocycles. The molecule has 1 aromatic rings. The molecule has 1 aromatic carbocycles. The number of nitrogens with zero attached hydrogens (tertiary/aromatic N) is 1. The highest BCUT2D eigenvalue weighted by molar-refractivity contribution is 5.90. The van der Waals surface area contributed by atoms with Crippen LogP contribution in [0.25, 0.3) is 0 Å². The molecule has 6 heteroatoms. The molecule has 0 saturated heterocycles. The van der Waals surface area contributed by atoms with Gasteiger partial charge in [0.15, 0.2) is 0 Å². The van der Waals surface area contributed by atoms with Gasteiger partial charge in [0.25, 0.3) is 0 Å². The highest BCUT2D eigenvalue weighted by atomic mass is 16.7. The van der Waals surface area contributed by atoms with Gasteiger partial charge in [0.1, 0.15) is 5.75 Å². The van der Waals surface area contributed by atoms with Crippen LogP contribution >= 0.6 is 0 Å². The Morgan fingerprint density at radius 3 is 2.29 bits per heavy atom. The van der Waals surface area contributed by atoms with E-state index in [1.165, 1.54) is 26.1 Å². The summed E-state index contributed by atoms with van der Waals surface area (Å²) in [6.45, 7) is 7.43.